The van der Waals surface area contributed by atoms with E-state index in [4.69, 9.17) is 14.2 Å². The number of hydrogen-bond acceptors (Lipinski definition) is 7. The molecular formula is C15H16N4O4. The van der Waals surface area contributed by atoms with E-state index in [0.717, 1.165) is 5.69 Å². The normalized spacial score (nSPS) is 12.0. The Kier molecular flexibility index (Phi) is 4.53. The van der Waals surface area contributed by atoms with E-state index >= 15 is 0 Å². The average Bonchev–Trinajstić information content (AvgIpc) is 3.03. The number of carbonyl (C=O) groups excluding carboxylic acids is 1. The molecule has 1 aliphatic heterocycles. The molecule has 8 nitrogen and oxygen atoms in total. The second kappa shape index (κ2) is 6.93. The van der Waals surface area contributed by atoms with Gasteiger partial charge in [0.15, 0.2) is 11.5 Å². The molecule has 1 aromatic heterocycles. The van der Waals surface area contributed by atoms with Crippen LogP contribution >= 0.6 is 0 Å². The van der Waals surface area contributed by atoms with E-state index in [0.29, 0.717) is 30.5 Å². The van der Waals surface area contributed by atoms with E-state index in [1.165, 1.54) is 12.4 Å². The van der Waals surface area contributed by atoms with E-state index in [-0.39, 0.29) is 18.4 Å². The Bertz CT molecular complexity index is 690. The van der Waals surface area contributed by atoms with Crippen LogP contribution in [0.25, 0.3) is 0 Å². The number of amides is 1. The van der Waals surface area contributed by atoms with Gasteiger partial charge < -0.3 is 24.8 Å². The predicted molar refractivity (Wildman–Crippen MR) is 82.1 cm³/mol. The van der Waals surface area contributed by atoms with E-state index in [1.807, 2.05) is 18.2 Å². The zero-order chi connectivity index (χ0) is 16.1. The summed E-state index contributed by atoms with van der Waals surface area (Å²) in [6.45, 7) is 1.10. The summed E-state index contributed by atoms with van der Waals surface area (Å²) in [5, 5.41) is 5.77. The van der Waals surface area contributed by atoms with Gasteiger partial charge in [-0.15, -0.1) is 0 Å². The van der Waals surface area contributed by atoms with Gasteiger partial charge in [0.1, 0.15) is 11.5 Å². The molecule has 2 N–H and O–H groups in total. The van der Waals surface area contributed by atoms with Crippen LogP contribution in [0.2, 0.25) is 0 Å². The molecule has 0 saturated heterocycles. The Morgan fingerprint density at radius 2 is 2.13 bits per heavy atom. The van der Waals surface area contributed by atoms with Gasteiger partial charge >= 0.3 is 0 Å². The molecule has 120 valence electrons. The van der Waals surface area contributed by atoms with Gasteiger partial charge in [0.05, 0.1) is 19.0 Å². The molecule has 1 aliphatic rings. The third-order valence-electron chi connectivity index (χ3n) is 3.12. The molecule has 0 bridgehead atoms. The van der Waals surface area contributed by atoms with E-state index in [9.17, 15) is 4.79 Å². The third-order valence-corrected chi connectivity index (χ3v) is 3.12. The highest BCUT2D eigenvalue weighted by Gasteiger charge is 2.13. The number of hydrogen-bond donors (Lipinski definition) is 2. The lowest BCUT2D eigenvalue weighted by Crippen LogP contribution is -2.27. The fourth-order valence-corrected chi connectivity index (χ4v) is 1.99. The first-order chi connectivity index (χ1) is 11.3. The topological polar surface area (TPSA) is 94.6 Å². The van der Waals surface area contributed by atoms with Gasteiger partial charge in [-0.1, -0.05) is 0 Å². The van der Waals surface area contributed by atoms with Crippen molar-refractivity contribution in [1.82, 2.24) is 15.3 Å². The van der Waals surface area contributed by atoms with Crippen molar-refractivity contribution in [3.63, 3.8) is 0 Å². The Hall–Kier alpha value is -2.87. The van der Waals surface area contributed by atoms with Crippen molar-refractivity contribution >= 4 is 17.4 Å². The van der Waals surface area contributed by atoms with Crippen molar-refractivity contribution in [3.05, 3.63) is 36.3 Å². The van der Waals surface area contributed by atoms with E-state index in [2.05, 4.69) is 20.6 Å². The molecule has 0 saturated carbocycles. The zero-order valence-electron chi connectivity index (χ0n) is 12.5. The third kappa shape index (κ3) is 3.67. The van der Waals surface area contributed by atoms with Crippen LogP contribution in [0.1, 0.15) is 10.5 Å². The highest BCUT2D eigenvalue weighted by atomic mass is 16.7. The van der Waals surface area contributed by atoms with Gasteiger partial charge in [-0.05, 0) is 12.1 Å². The predicted octanol–water partition coefficient (Wildman–Crippen LogP) is 1.33. The number of carbonyl (C=O) groups is 1. The van der Waals surface area contributed by atoms with Crippen LogP contribution in [0.3, 0.4) is 0 Å². The fraction of sp³-hybridized carbons (Fsp3) is 0.267. The van der Waals surface area contributed by atoms with Gasteiger partial charge in [0, 0.05) is 25.4 Å². The lowest BCUT2D eigenvalue weighted by atomic mass is 10.3. The number of ether oxygens (including phenoxy) is 3. The van der Waals surface area contributed by atoms with Crippen LogP contribution in [0.15, 0.2) is 30.6 Å². The van der Waals surface area contributed by atoms with Crippen LogP contribution in [0.5, 0.6) is 11.5 Å². The largest absolute Gasteiger partial charge is 0.454 e. The van der Waals surface area contributed by atoms with Gasteiger partial charge in [-0.25, -0.2) is 9.97 Å². The SMILES string of the molecule is COCCNC(=O)c1cnc(Nc2ccc3c(c2)OCO3)cn1. The number of anilines is 2. The summed E-state index contributed by atoms with van der Waals surface area (Å²) in [4.78, 5) is 20.1. The lowest BCUT2D eigenvalue weighted by Gasteiger charge is -2.07. The van der Waals surface area contributed by atoms with Crippen molar-refractivity contribution in [3.8, 4) is 11.5 Å². The second-order valence-corrected chi connectivity index (χ2v) is 4.73. The molecule has 3 rings (SSSR count). The summed E-state index contributed by atoms with van der Waals surface area (Å²) < 4.78 is 15.4. The fourth-order valence-electron chi connectivity index (χ4n) is 1.99. The summed E-state index contributed by atoms with van der Waals surface area (Å²) in [5.74, 6) is 1.63. The first-order valence-corrected chi connectivity index (χ1v) is 7.02. The van der Waals surface area contributed by atoms with Gasteiger partial charge in [0.25, 0.3) is 5.91 Å². The second-order valence-electron chi connectivity index (χ2n) is 4.73. The Labute approximate surface area is 132 Å². The highest BCUT2D eigenvalue weighted by Crippen LogP contribution is 2.34. The van der Waals surface area contributed by atoms with Crippen LogP contribution < -0.4 is 20.1 Å². The van der Waals surface area contributed by atoms with Gasteiger partial charge in [-0.3, -0.25) is 4.79 Å². The molecule has 0 fully saturated rings. The lowest BCUT2D eigenvalue weighted by molar-refractivity contribution is 0.0932. The number of nitrogens with zero attached hydrogens (tertiary/aromatic N) is 2. The minimum Gasteiger partial charge on any atom is -0.454 e. The number of benzene rings is 1. The first kappa shape index (κ1) is 15.0. The summed E-state index contributed by atoms with van der Waals surface area (Å²) >= 11 is 0. The standard InChI is InChI=1S/C15H16N4O4/c1-21-5-4-16-15(20)11-7-18-14(8-17-11)19-10-2-3-12-13(6-10)23-9-22-12/h2-3,6-8H,4-5,9H2,1H3,(H,16,20)(H,18,19). The zero-order valence-corrected chi connectivity index (χ0v) is 12.5. The maximum absolute atomic E-state index is 11.8. The molecule has 0 unspecified atom stereocenters. The minimum atomic E-state index is -0.288. The van der Waals surface area contributed by atoms with Crippen molar-refractivity contribution in [2.24, 2.45) is 0 Å². The molecule has 23 heavy (non-hydrogen) atoms. The minimum absolute atomic E-state index is 0.228. The van der Waals surface area contributed by atoms with E-state index in [1.54, 1.807) is 7.11 Å². The number of fused-ring (bicyclic) bond motifs is 1. The molecular weight excluding hydrogens is 300 g/mol. The van der Waals surface area contributed by atoms with Crippen LogP contribution in [0.4, 0.5) is 11.5 Å². The summed E-state index contributed by atoms with van der Waals surface area (Å²) in [6, 6.07) is 5.48. The molecule has 2 aromatic rings. The summed E-state index contributed by atoms with van der Waals surface area (Å²) in [7, 11) is 1.57. The molecule has 1 aromatic carbocycles. The maximum Gasteiger partial charge on any atom is 0.271 e. The molecule has 0 aliphatic carbocycles. The Balaban J connectivity index is 1.62. The highest BCUT2D eigenvalue weighted by molar-refractivity contribution is 5.92. The van der Waals surface area contributed by atoms with Crippen molar-refractivity contribution < 1.29 is 19.0 Å². The molecule has 1 amide bonds. The Morgan fingerprint density at radius 3 is 2.91 bits per heavy atom. The molecule has 2 heterocycles. The van der Waals surface area contributed by atoms with Crippen LogP contribution in [0, 0.1) is 0 Å². The van der Waals surface area contributed by atoms with Crippen molar-refractivity contribution in [2.45, 2.75) is 0 Å². The smallest absolute Gasteiger partial charge is 0.271 e. The first-order valence-electron chi connectivity index (χ1n) is 7.02. The van der Waals surface area contributed by atoms with Crippen LogP contribution in [-0.4, -0.2) is 42.9 Å². The van der Waals surface area contributed by atoms with Crippen molar-refractivity contribution in [2.75, 3.05) is 32.4 Å². The number of methoxy groups -OCH3 is 1. The average molecular weight is 316 g/mol. The van der Waals surface area contributed by atoms with Gasteiger partial charge in [0.2, 0.25) is 6.79 Å². The van der Waals surface area contributed by atoms with Crippen LogP contribution in [-0.2, 0) is 4.74 Å². The summed E-state index contributed by atoms with van der Waals surface area (Å²) in [6.07, 6.45) is 2.91. The van der Waals surface area contributed by atoms with Crippen molar-refractivity contribution in [1.29, 1.82) is 0 Å². The molecule has 0 atom stereocenters. The quantitative estimate of drug-likeness (QED) is 0.776. The molecule has 8 heteroatoms. The molecule has 0 spiro atoms. The summed E-state index contributed by atoms with van der Waals surface area (Å²) in [5.41, 5.74) is 1.04. The van der Waals surface area contributed by atoms with E-state index < -0.39 is 0 Å². The Morgan fingerprint density at radius 1 is 1.26 bits per heavy atom. The monoisotopic (exact) mass is 316 g/mol. The maximum atomic E-state index is 11.8. The molecule has 0 radical (unpaired) electrons. The van der Waals surface area contributed by atoms with Gasteiger partial charge in [-0.2, -0.15) is 0 Å². The number of aromatic nitrogens is 2. The number of rotatable bonds is 6. The number of nitrogens with one attached hydrogen (secondary N) is 2.